The molecule has 25 heavy (non-hydrogen) atoms. The van der Waals surface area contributed by atoms with Crippen molar-refractivity contribution in [1.82, 2.24) is 19.2 Å². The minimum atomic E-state index is -0.0989. The Bertz CT molecular complexity index is 973. The first-order valence-corrected chi connectivity index (χ1v) is 8.79. The molecule has 1 aliphatic rings. The summed E-state index contributed by atoms with van der Waals surface area (Å²) in [5, 5.41) is 5.27. The summed E-state index contributed by atoms with van der Waals surface area (Å²) in [5.74, 6) is 1.77. The molecule has 4 rings (SSSR count). The van der Waals surface area contributed by atoms with E-state index < -0.39 is 0 Å². The predicted octanol–water partition coefficient (Wildman–Crippen LogP) is 2.80. The van der Waals surface area contributed by atoms with E-state index in [4.69, 9.17) is 16.3 Å². The maximum Gasteiger partial charge on any atom is 0.279 e. The lowest BCUT2D eigenvalue weighted by atomic mass is 10.00. The fourth-order valence-corrected chi connectivity index (χ4v) is 3.51. The van der Waals surface area contributed by atoms with E-state index in [0.29, 0.717) is 22.9 Å². The molecule has 3 aromatic rings. The van der Waals surface area contributed by atoms with Crippen molar-refractivity contribution in [3.05, 3.63) is 63.1 Å². The van der Waals surface area contributed by atoms with E-state index in [9.17, 15) is 4.79 Å². The second-order valence-electron chi connectivity index (χ2n) is 6.33. The Kier molecular flexibility index (Phi) is 4.31. The second kappa shape index (κ2) is 6.61. The van der Waals surface area contributed by atoms with Gasteiger partial charge in [0.15, 0.2) is 5.52 Å². The van der Waals surface area contributed by atoms with Gasteiger partial charge in [-0.1, -0.05) is 29.8 Å². The van der Waals surface area contributed by atoms with Gasteiger partial charge in [0.25, 0.3) is 5.56 Å². The maximum absolute atomic E-state index is 13.0. The van der Waals surface area contributed by atoms with Gasteiger partial charge in [0, 0.05) is 24.2 Å². The van der Waals surface area contributed by atoms with E-state index in [0.717, 1.165) is 37.4 Å². The number of benzene rings is 1. The molecule has 0 saturated carbocycles. The van der Waals surface area contributed by atoms with Crippen LogP contribution in [0.15, 0.2) is 35.3 Å². The largest absolute Gasteiger partial charge is 0.381 e. The van der Waals surface area contributed by atoms with Crippen LogP contribution < -0.4 is 5.56 Å². The Morgan fingerprint density at radius 2 is 2.04 bits per heavy atom. The Hall–Kier alpha value is -2.18. The van der Waals surface area contributed by atoms with Crippen molar-refractivity contribution in [1.29, 1.82) is 0 Å². The molecule has 6 nitrogen and oxygen atoms in total. The van der Waals surface area contributed by atoms with Crippen LogP contribution in [0.3, 0.4) is 0 Å². The Labute approximate surface area is 150 Å². The zero-order valence-electron chi connectivity index (χ0n) is 14.0. The number of nitrogens with zero attached hydrogens (tertiary/aromatic N) is 4. The number of aromatic nitrogens is 4. The van der Waals surface area contributed by atoms with Crippen molar-refractivity contribution in [2.45, 2.75) is 32.2 Å². The molecule has 0 bridgehead atoms. The lowest BCUT2D eigenvalue weighted by Gasteiger charge is -2.20. The summed E-state index contributed by atoms with van der Waals surface area (Å²) < 4.78 is 8.77. The van der Waals surface area contributed by atoms with Crippen molar-refractivity contribution < 1.29 is 4.74 Å². The molecule has 130 valence electrons. The average molecular weight is 359 g/mol. The van der Waals surface area contributed by atoms with Gasteiger partial charge in [-0.3, -0.25) is 9.36 Å². The topological polar surface area (TPSA) is 61.4 Å². The zero-order chi connectivity index (χ0) is 17.4. The second-order valence-corrected chi connectivity index (χ2v) is 6.74. The van der Waals surface area contributed by atoms with Gasteiger partial charge in [0.2, 0.25) is 0 Å². The molecule has 3 heterocycles. The van der Waals surface area contributed by atoms with Crippen LogP contribution in [0.25, 0.3) is 5.52 Å². The third-order valence-corrected chi connectivity index (χ3v) is 5.11. The molecule has 1 saturated heterocycles. The van der Waals surface area contributed by atoms with Crippen LogP contribution >= 0.6 is 11.6 Å². The van der Waals surface area contributed by atoms with Gasteiger partial charge in [0.05, 0.1) is 12.7 Å². The van der Waals surface area contributed by atoms with Crippen molar-refractivity contribution >= 4 is 17.1 Å². The third-order valence-electron chi connectivity index (χ3n) is 4.74. The third kappa shape index (κ3) is 2.96. The number of aryl methyl sites for hydroxylation is 1. The molecule has 1 aliphatic heterocycles. The zero-order valence-corrected chi connectivity index (χ0v) is 14.7. The Morgan fingerprint density at radius 1 is 1.28 bits per heavy atom. The fourth-order valence-electron chi connectivity index (χ4n) is 3.31. The summed E-state index contributed by atoms with van der Waals surface area (Å²) in [6, 6.07) is 7.53. The number of hydrogen-bond donors (Lipinski definition) is 0. The van der Waals surface area contributed by atoms with E-state index in [1.165, 1.54) is 0 Å². The van der Waals surface area contributed by atoms with Gasteiger partial charge < -0.3 is 4.74 Å². The van der Waals surface area contributed by atoms with Crippen LogP contribution in [0.1, 0.15) is 36.0 Å². The van der Waals surface area contributed by atoms with E-state index in [-0.39, 0.29) is 11.5 Å². The molecule has 0 atom stereocenters. The van der Waals surface area contributed by atoms with Crippen molar-refractivity contribution in [3.63, 3.8) is 0 Å². The van der Waals surface area contributed by atoms with Gasteiger partial charge in [-0.15, -0.1) is 0 Å². The highest BCUT2D eigenvalue weighted by Crippen LogP contribution is 2.25. The summed E-state index contributed by atoms with van der Waals surface area (Å²) in [7, 11) is 0. The van der Waals surface area contributed by atoms with Crippen LogP contribution in [0.4, 0.5) is 0 Å². The molecule has 1 fully saturated rings. The van der Waals surface area contributed by atoms with Gasteiger partial charge in [-0.25, -0.2) is 9.50 Å². The van der Waals surface area contributed by atoms with Crippen LogP contribution in [0.5, 0.6) is 0 Å². The van der Waals surface area contributed by atoms with Crippen molar-refractivity contribution in [3.8, 4) is 0 Å². The molecule has 0 radical (unpaired) electrons. The molecule has 2 aromatic heterocycles. The first-order valence-electron chi connectivity index (χ1n) is 8.41. The van der Waals surface area contributed by atoms with Gasteiger partial charge in [0.1, 0.15) is 11.6 Å². The number of halogens is 1. The molecular weight excluding hydrogens is 340 g/mol. The van der Waals surface area contributed by atoms with E-state index in [1.54, 1.807) is 15.3 Å². The molecule has 0 N–H and O–H groups in total. The highest BCUT2D eigenvalue weighted by Gasteiger charge is 2.22. The predicted molar refractivity (Wildman–Crippen MR) is 95.3 cm³/mol. The molecule has 0 amide bonds. The lowest BCUT2D eigenvalue weighted by molar-refractivity contribution is 0.0832. The molecule has 0 aliphatic carbocycles. The van der Waals surface area contributed by atoms with E-state index in [2.05, 4.69) is 10.1 Å². The molecule has 0 unspecified atom stereocenters. The molecule has 0 spiro atoms. The first-order chi connectivity index (χ1) is 12.1. The minimum absolute atomic E-state index is 0.0989. The van der Waals surface area contributed by atoms with Gasteiger partial charge in [-0.2, -0.15) is 5.10 Å². The minimum Gasteiger partial charge on any atom is -0.381 e. The highest BCUT2D eigenvalue weighted by atomic mass is 35.5. The number of imidazole rings is 1. The fraction of sp³-hybridized carbons (Fsp3) is 0.389. The molecule has 1 aromatic carbocycles. The van der Waals surface area contributed by atoms with Crippen molar-refractivity contribution in [2.75, 3.05) is 13.2 Å². The molecule has 7 heteroatoms. The average Bonchev–Trinajstić information content (AvgIpc) is 3.04. The first kappa shape index (κ1) is 16.3. The summed E-state index contributed by atoms with van der Waals surface area (Å²) in [6.45, 7) is 3.68. The lowest BCUT2D eigenvalue weighted by Crippen LogP contribution is -2.27. The van der Waals surface area contributed by atoms with Crippen molar-refractivity contribution in [2.24, 2.45) is 0 Å². The Balaban J connectivity index is 1.78. The Morgan fingerprint density at radius 3 is 2.80 bits per heavy atom. The standard InChI is InChI=1S/C18H19ClN4O2/c1-12-21-23-16(10-20-17(23)13-6-8-25-9-7-13)18(24)22(12)11-14-4-2-3-5-15(14)19/h2-5,10,13H,6-9,11H2,1H3. The summed E-state index contributed by atoms with van der Waals surface area (Å²) in [4.78, 5) is 17.4. The maximum atomic E-state index is 13.0. The summed E-state index contributed by atoms with van der Waals surface area (Å²) in [5.41, 5.74) is 1.29. The van der Waals surface area contributed by atoms with Gasteiger partial charge >= 0.3 is 0 Å². The molecular formula is C18H19ClN4O2. The van der Waals surface area contributed by atoms with E-state index in [1.807, 2.05) is 31.2 Å². The summed E-state index contributed by atoms with van der Waals surface area (Å²) >= 11 is 6.24. The van der Waals surface area contributed by atoms with Crippen LogP contribution in [-0.2, 0) is 11.3 Å². The summed E-state index contributed by atoms with van der Waals surface area (Å²) in [6.07, 6.45) is 3.44. The van der Waals surface area contributed by atoms with Crippen LogP contribution in [-0.4, -0.2) is 32.4 Å². The number of ether oxygens (including phenoxy) is 1. The quantitative estimate of drug-likeness (QED) is 0.722. The van der Waals surface area contributed by atoms with Crippen LogP contribution in [0, 0.1) is 6.92 Å². The number of fused-ring (bicyclic) bond motifs is 1. The number of hydrogen-bond acceptors (Lipinski definition) is 4. The SMILES string of the molecule is Cc1nn2c(C3CCOCC3)ncc2c(=O)n1Cc1ccccc1Cl. The monoisotopic (exact) mass is 358 g/mol. The van der Waals surface area contributed by atoms with E-state index >= 15 is 0 Å². The van der Waals surface area contributed by atoms with Crippen LogP contribution in [0.2, 0.25) is 5.02 Å². The number of rotatable bonds is 3. The smallest absolute Gasteiger partial charge is 0.279 e. The van der Waals surface area contributed by atoms with Gasteiger partial charge in [-0.05, 0) is 31.4 Å². The highest BCUT2D eigenvalue weighted by molar-refractivity contribution is 6.31. The normalized spacial score (nSPS) is 15.8.